The number of hydrogen-bond donors (Lipinski definition) is 1. The normalized spacial score (nSPS) is 21.1. The summed E-state index contributed by atoms with van der Waals surface area (Å²) in [7, 11) is -3.47. The van der Waals surface area contributed by atoms with Gasteiger partial charge in [-0.15, -0.1) is 0 Å². The third kappa shape index (κ3) is 3.69. The van der Waals surface area contributed by atoms with Gasteiger partial charge in [0.05, 0.1) is 10.8 Å². The lowest BCUT2D eigenvalue weighted by Gasteiger charge is -2.31. The number of nitrogens with zero attached hydrogens (tertiary/aromatic N) is 1. The largest absolute Gasteiger partial charge is 0.396 e. The zero-order valence-electron chi connectivity index (χ0n) is 10.9. The molecule has 7 heteroatoms. The Morgan fingerprint density at radius 1 is 1.45 bits per heavy atom. The van der Waals surface area contributed by atoms with Crippen LogP contribution in [0.25, 0.3) is 0 Å². The smallest absolute Gasteiger partial charge is 0.218 e. The lowest BCUT2D eigenvalue weighted by Crippen LogP contribution is -2.41. The van der Waals surface area contributed by atoms with Gasteiger partial charge in [-0.3, -0.25) is 0 Å². The molecule has 1 heterocycles. The molecule has 0 aliphatic carbocycles. The van der Waals surface area contributed by atoms with Gasteiger partial charge in [0.1, 0.15) is 5.82 Å². The molecule has 1 aromatic rings. The van der Waals surface area contributed by atoms with E-state index in [-0.39, 0.29) is 23.3 Å². The number of rotatable bonds is 4. The number of halogens is 2. The molecular formula is C13H17ClFNO3S. The van der Waals surface area contributed by atoms with Crippen molar-refractivity contribution in [1.82, 2.24) is 4.31 Å². The maximum atomic E-state index is 13.1. The molecular weight excluding hydrogens is 305 g/mol. The zero-order valence-corrected chi connectivity index (χ0v) is 12.5. The van der Waals surface area contributed by atoms with Crippen molar-refractivity contribution in [2.24, 2.45) is 5.92 Å². The molecule has 112 valence electrons. The van der Waals surface area contributed by atoms with Crippen LogP contribution in [0.3, 0.4) is 0 Å². The van der Waals surface area contributed by atoms with Crippen LogP contribution < -0.4 is 0 Å². The van der Waals surface area contributed by atoms with Gasteiger partial charge in [0, 0.05) is 19.7 Å². The third-order valence-electron chi connectivity index (χ3n) is 3.47. The highest BCUT2D eigenvalue weighted by molar-refractivity contribution is 7.88. The first kappa shape index (κ1) is 15.7. The van der Waals surface area contributed by atoms with Gasteiger partial charge in [-0.25, -0.2) is 17.1 Å². The van der Waals surface area contributed by atoms with E-state index in [1.807, 2.05) is 0 Å². The van der Waals surface area contributed by atoms with Gasteiger partial charge < -0.3 is 5.11 Å². The third-order valence-corrected chi connectivity index (χ3v) is 5.57. The molecule has 0 saturated carbocycles. The van der Waals surface area contributed by atoms with E-state index < -0.39 is 15.8 Å². The first-order valence-electron chi connectivity index (χ1n) is 6.45. The van der Waals surface area contributed by atoms with E-state index in [1.165, 1.54) is 22.5 Å². The number of sulfonamides is 1. The minimum Gasteiger partial charge on any atom is -0.396 e. The molecule has 1 atom stereocenters. The Labute approximate surface area is 123 Å². The van der Waals surface area contributed by atoms with E-state index in [0.717, 1.165) is 12.8 Å². The first-order valence-corrected chi connectivity index (χ1v) is 8.43. The lowest BCUT2D eigenvalue weighted by atomic mass is 10.0. The summed E-state index contributed by atoms with van der Waals surface area (Å²) in [6.07, 6.45) is 1.58. The van der Waals surface area contributed by atoms with Crippen LogP contribution in [0, 0.1) is 11.7 Å². The van der Waals surface area contributed by atoms with Crippen molar-refractivity contribution >= 4 is 21.6 Å². The van der Waals surface area contributed by atoms with Crippen molar-refractivity contribution in [2.75, 3.05) is 19.7 Å². The average Bonchev–Trinajstić information content (AvgIpc) is 2.43. The number of aliphatic hydroxyl groups excluding tert-OH is 1. The van der Waals surface area contributed by atoms with Crippen LogP contribution >= 0.6 is 11.6 Å². The second-order valence-corrected chi connectivity index (χ2v) is 7.43. The molecule has 0 bridgehead atoms. The standard InChI is InChI=1S/C13H17ClFNO3S/c14-12-6-10(3-4-13(12)15)9-20(18,19)16-5-1-2-11(7-16)8-17/h3-4,6,11,17H,1-2,5,7-9H2. The highest BCUT2D eigenvalue weighted by Crippen LogP contribution is 2.23. The van der Waals surface area contributed by atoms with E-state index >= 15 is 0 Å². The first-order chi connectivity index (χ1) is 9.42. The Bertz CT molecular complexity index is 579. The van der Waals surface area contributed by atoms with Crippen molar-refractivity contribution in [2.45, 2.75) is 18.6 Å². The molecule has 2 rings (SSSR count). The molecule has 0 aromatic heterocycles. The van der Waals surface area contributed by atoms with Gasteiger partial charge in [-0.05, 0) is 36.5 Å². The molecule has 1 aliphatic rings. The topological polar surface area (TPSA) is 57.6 Å². The molecule has 1 aromatic carbocycles. The Balaban J connectivity index is 2.12. The average molecular weight is 322 g/mol. The summed E-state index contributed by atoms with van der Waals surface area (Å²) in [5.41, 5.74) is 0.461. The summed E-state index contributed by atoms with van der Waals surface area (Å²) in [5.74, 6) is -0.771. The number of benzene rings is 1. The molecule has 1 fully saturated rings. The van der Waals surface area contributed by atoms with Gasteiger partial charge >= 0.3 is 0 Å². The highest BCUT2D eigenvalue weighted by Gasteiger charge is 2.28. The minimum atomic E-state index is -3.47. The SMILES string of the molecule is O=S(=O)(Cc1ccc(F)c(Cl)c1)N1CCCC(CO)C1. The minimum absolute atomic E-state index is 0.00432. The van der Waals surface area contributed by atoms with E-state index in [0.29, 0.717) is 18.7 Å². The van der Waals surface area contributed by atoms with E-state index in [9.17, 15) is 12.8 Å². The summed E-state index contributed by atoms with van der Waals surface area (Å²) in [4.78, 5) is 0. The Morgan fingerprint density at radius 3 is 2.85 bits per heavy atom. The van der Waals surface area contributed by atoms with E-state index in [4.69, 9.17) is 16.7 Å². The van der Waals surface area contributed by atoms with Crippen LogP contribution in [0.15, 0.2) is 18.2 Å². The Morgan fingerprint density at radius 2 is 2.20 bits per heavy atom. The van der Waals surface area contributed by atoms with Crippen LogP contribution in [0.2, 0.25) is 5.02 Å². The molecule has 1 unspecified atom stereocenters. The van der Waals surface area contributed by atoms with Crippen molar-refractivity contribution in [3.63, 3.8) is 0 Å². The number of aliphatic hydroxyl groups is 1. The van der Waals surface area contributed by atoms with Crippen molar-refractivity contribution in [3.05, 3.63) is 34.6 Å². The van der Waals surface area contributed by atoms with Gasteiger partial charge in [-0.2, -0.15) is 0 Å². The lowest BCUT2D eigenvalue weighted by molar-refractivity contribution is 0.165. The van der Waals surface area contributed by atoms with Crippen LogP contribution in [0.5, 0.6) is 0 Å². The van der Waals surface area contributed by atoms with E-state index in [1.54, 1.807) is 0 Å². The van der Waals surface area contributed by atoms with Gasteiger partial charge in [0.15, 0.2) is 0 Å². The van der Waals surface area contributed by atoms with Gasteiger partial charge in [0.2, 0.25) is 10.0 Å². The maximum absolute atomic E-state index is 13.1. The molecule has 4 nitrogen and oxygen atoms in total. The summed E-state index contributed by atoms with van der Waals surface area (Å²) >= 11 is 5.66. The van der Waals surface area contributed by atoms with Crippen LogP contribution in [-0.2, 0) is 15.8 Å². The predicted octanol–water partition coefficient (Wildman–Crippen LogP) is 2.01. The monoisotopic (exact) mass is 321 g/mol. The summed E-state index contributed by atoms with van der Waals surface area (Å²) < 4.78 is 39.1. The van der Waals surface area contributed by atoms with Crippen molar-refractivity contribution in [1.29, 1.82) is 0 Å². The second-order valence-electron chi connectivity index (χ2n) is 5.05. The number of piperidine rings is 1. The summed E-state index contributed by atoms with van der Waals surface area (Å²) in [5, 5.41) is 9.07. The Kier molecular flexibility index (Phi) is 5.01. The van der Waals surface area contributed by atoms with Crippen LogP contribution in [-0.4, -0.2) is 37.5 Å². The van der Waals surface area contributed by atoms with Crippen LogP contribution in [0.1, 0.15) is 18.4 Å². The molecule has 1 saturated heterocycles. The molecule has 0 radical (unpaired) electrons. The van der Waals surface area contributed by atoms with Crippen molar-refractivity contribution in [3.8, 4) is 0 Å². The molecule has 1 N–H and O–H groups in total. The molecule has 1 aliphatic heterocycles. The fourth-order valence-electron chi connectivity index (χ4n) is 2.36. The predicted molar refractivity (Wildman–Crippen MR) is 75.4 cm³/mol. The Hall–Kier alpha value is -0.690. The molecule has 0 spiro atoms. The number of hydrogen-bond acceptors (Lipinski definition) is 3. The summed E-state index contributed by atoms with van der Waals surface area (Å²) in [6, 6.07) is 3.92. The summed E-state index contributed by atoms with van der Waals surface area (Å²) in [6.45, 7) is 0.802. The quantitative estimate of drug-likeness (QED) is 0.923. The van der Waals surface area contributed by atoms with Gasteiger partial charge in [-0.1, -0.05) is 17.7 Å². The zero-order chi connectivity index (χ0) is 14.8. The molecule has 20 heavy (non-hydrogen) atoms. The molecule has 0 amide bonds. The fourth-order valence-corrected chi connectivity index (χ4v) is 4.19. The van der Waals surface area contributed by atoms with Crippen LogP contribution in [0.4, 0.5) is 4.39 Å². The van der Waals surface area contributed by atoms with Gasteiger partial charge in [0.25, 0.3) is 0 Å². The highest BCUT2D eigenvalue weighted by atomic mass is 35.5. The van der Waals surface area contributed by atoms with E-state index in [2.05, 4.69) is 0 Å². The van der Waals surface area contributed by atoms with Crippen molar-refractivity contribution < 1.29 is 17.9 Å². The fraction of sp³-hybridized carbons (Fsp3) is 0.538. The second kappa shape index (κ2) is 6.39. The maximum Gasteiger partial charge on any atom is 0.218 e.